The summed E-state index contributed by atoms with van der Waals surface area (Å²) < 4.78 is 0. The lowest BCUT2D eigenvalue weighted by molar-refractivity contribution is 0.0739. The lowest BCUT2D eigenvalue weighted by Gasteiger charge is -2.16. The minimum atomic E-state index is -1.02. The number of aromatic amines is 1. The first-order valence-corrected chi connectivity index (χ1v) is 12.3. The first-order chi connectivity index (χ1) is 18.3. The molecule has 0 fully saturated rings. The van der Waals surface area contributed by atoms with Crippen LogP contribution in [0.15, 0.2) is 72.9 Å². The number of rotatable bonds is 3. The topological polar surface area (TPSA) is 109 Å². The van der Waals surface area contributed by atoms with Crippen molar-refractivity contribution in [1.29, 1.82) is 10.5 Å². The molecule has 6 nitrogen and oxygen atoms in total. The van der Waals surface area contributed by atoms with Gasteiger partial charge in [0.1, 0.15) is 11.4 Å². The van der Waals surface area contributed by atoms with Crippen LogP contribution in [-0.2, 0) is 5.60 Å². The summed E-state index contributed by atoms with van der Waals surface area (Å²) in [5, 5.41) is 34.1. The number of imidazole rings is 1. The molecule has 0 saturated carbocycles. The van der Waals surface area contributed by atoms with Gasteiger partial charge in [-0.15, -0.1) is 0 Å². The SMILES string of the molecule is CC(C)(O)c1ccc(-c2ccc3c(c2)c2cc(Cl)ccc2c2[nH]c(-c4c(C#N)cccc4C#N)nc32)cn1. The van der Waals surface area contributed by atoms with Crippen molar-refractivity contribution in [2.24, 2.45) is 0 Å². The third kappa shape index (κ3) is 3.76. The van der Waals surface area contributed by atoms with Crippen molar-refractivity contribution in [3.63, 3.8) is 0 Å². The van der Waals surface area contributed by atoms with Crippen LogP contribution in [0.4, 0.5) is 0 Å². The van der Waals surface area contributed by atoms with E-state index in [1.165, 1.54) is 0 Å². The van der Waals surface area contributed by atoms with Crippen LogP contribution >= 0.6 is 11.6 Å². The third-order valence-corrected chi connectivity index (χ3v) is 7.02. The Balaban J connectivity index is 1.64. The zero-order chi connectivity index (χ0) is 26.6. The van der Waals surface area contributed by atoms with Gasteiger partial charge in [-0.05, 0) is 66.6 Å². The van der Waals surface area contributed by atoms with Crippen molar-refractivity contribution in [3.05, 3.63) is 94.8 Å². The number of benzene rings is 4. The second-order valence-corrected chi connectivity index (χ2v) is 10.1. The summed E-state index contributed by atoms with van der Waals surface area (Å²) in [6, 6.07) is 25.0. The maximum atomic E-state index is 10.3. The smallest absolute Gasteiger partial charge is 0.141 e. The van der Waals surface area contributed by atoms with Gasteiger partial charge in [-0.25, -0.2) is 4.98 Å². The number of nitriles is 2. The maximum Gasteiger partial charge on any atom is 0.141 e. The predicted molar refractivity (Wildman–Crippen MR) is 149 cm³/mol. The molecule has 4 aromatic carbocycles. The molecule has 0 aliphatic rings. The molecular formula is C31H20ClN5O. The molecule has 38 heavy (non-hydrogen) atoms. The van der Waals surface area contributed by atoms with Gasteiger partial charge in [0.25, 0.3) is 0 Å². The molecule has 0 amide bonds. The van der Waals surface area contributed by atoms with Gasteiger partial charge in [0.05, 0.1) is 45.6 Å². The van der Waals surface area contributed by atoms with Crippen LogP contribution in [0, 0.1) is 22.7 Å². The van der Waals surface area contributed by atoms with Crippen LogP contribution in [0.25, 0.3) is 55.1 Å². The maximum absolute atomic E-state index is 10.3. The highest BCUT2D eigenvalue weighted by atomic mass is 35.5. The summed E-state index contributed by atoms with van der Waals surface area (Å²) in [5.74, 6) is 0.466. The van der Waals surface area contributed by atoms with Gasteiger partial charge >= 0.3 is 0 Å². The first-order valence-electron chi connectivity index (χ1n) is 12.0. The van der Waals surface area contributed by atoms with E-state index >= 15 is 0 Å². The Kier molecular flexibility index (Phi) is 5.40. The highest BCUT2D eigenvalue weighted by Crippen LogP contribution is 2.39. The minimum absolute atomic E-state index is 0.379. The Labute approximate surface area is 223 Å². The molecule has 0 spiro atoms. The quantitative estimate of drug-likeness (QED) is 0.243. The summed E-state index contributed by atoms with van der Waals surface area (Å²) in [5.41, 5.74) is 4.24. The van der Waals surface area contributed by atoms with Crippen molar-refractivity contribution in [2.45, 2.75) is 19.4 Å². The molecule has 0 aliphatic carbocycles. The number of nitrogens with zero attached hydrogens (tertiary/aromatic N) is 4. The van der Waals surface area contributed by atoms with Gasteiger partial charge in [-0.2, -0.15) is 10.5 Å². The number of halogens is 1. The van der Waals surface area contributed by atoms with E-state index in [0.717, 1.165) is 43.7 Å². The fourth-order valence-corrected chi connectivity index (χ4v) is 5.08. The van der Waals surface area contributed by atoms with E-state index < -0.39 is 5.60 Å². The van der Waals surface area contributed by atoms with Gasteiger partial charge in [0.2, 0.25) is 0 Å². The standard InChI is InChI=1S/C31H20ClN5O/c1-31(2,38)26-11-7-20(16-35-26)17-6-9-22-24(12-17)25-13-21(32)8-10-23(25)29-28(22)36-30(37-29)27-18(14-33)4-3-5-19(27)15-34/h3-13,16,38H,1-2H3,(H,36,37). The van der Waals surface area contributed by atoms with E-state index in [-0.39, 0.29) is 0 Å². The summed E-state index contributed by atoms with van der Waals surface area (Å²) in [4.78, 5) is 12.8. The molecule has 6 aromatic rings. The lowest BCUT2D eigenvalue weighted by atomic mass is 9.96. The van der Waals surface area contributed by atoms with E-state index in [0.29, 0.717) is 33.2 Å². The van der Waals surface area contributed by atoms with Crippen LogP contribution < -0.4 is 0 Å². The van der Waals surface area contributed by atoms with E-state index in [2.05, 4.69) is 28.2 Å². The zero-order valence-electron chi connectivity index (χ0n) is 20.5. The molecule has 2 N–H and O–H groups in total. The number of aromatic nitrogens is 3. The van der Waals surface area contributed by atoms with Gasteiger partial charge in [0, 0.05) is 27.6 Å². The Morgan fingerprint density at radius 2 is 1.53 bits per heavy atom. The second-order valence-electron chi connectivity index (χ2n) is 9.70. The monoisotopic (exact) mass is 513 g/mol. The molecule has 0 radical (unpaired) electrons. The van der Waals surface area contributed by atoms with Crippen LogP contribution in [0.2, 0.25) is 5.02 Å². The molecule has 7 heteroatoms. The first kappa shape index (κ1) is 23.6. The average molecular weight is 514 g/mol. The van der Waals surface area contributed by atoms with Gasteiger partial charge in [-0.3, -0.25) is 4.98 Å². The normalized spacial score (nSPS) is 11.6. The molecule has 0 unspecified atom stereocenters. The molecule has 6 rings (SSSR count). The molecule has 2 aromatic heterocycles. The van der Waals surface area contributed by atoms with E-state index in [9.17, 15) is 15.6 Å². The average Bonchev–Trinajstić information content (AvgIpc) is 3.37. The van der Waals surface area contributed by atoms with Crippen LogP contribution in [-0.4, -0.2) is 20.1 Å². The Morgan fingerprint density at radius 3 is 2.18 bits per heavy atom. The number of H-pyrrole nitrogens is 1. The van der Waals surface area contributed by atoms with Crippen LogP contribution in [0.1, 0.15) is 30.7 Å². The van der Waals surface area contributed by atoms with Gasteiger partial charge in [0.15, 0.2) is 0 Å². The van der Waals surface area contributed by atoms with Crippen LogP contribution in [0.5, 0.6) is 0 Å². The van der Waals surface area contributed by atoms with Gasteiger partial charge < -0.3 is 10.1 Å². The summed E-state index contributed by atoms with van der Waals surface area (Å²) in [6.07, 6.45) is 1.76. The number of hydrogen-bond donors (Lipinski definition) is 2. The molecule has 0 atom stereocenters. The molecule has 0 aliphatic heterocycles. The Morgan fingerprint density at radius 1 is 0.842 bits per heavy atom. The number of hydrogen-bond acceptors (Lipinski definition) is 5. The number of nitrogens with one attached hydrogen (secondary N) is 1. The molecule has 182 valence electrons. The summed E-state index contributed by atoms with van der Waals surface area (Å²) in [7, 11) is 0. The molecular weight excluding hydrogens is 494 g/mol. The fraction of sp³-hybridized carbons (Fsp3) is 0.0968. The second kappa shape index (κ2) is 8.68. The van der Waals surface area contributed by atoms with Gasteiger partial charge in [-0.1, -0.05) is 41.9 Å². The van der Waals surface area contributed by atoms with Crippen molar-refractivity contribution < 1.29 is 5.11 Å². The summed E-state index contributed by atoms with van der Waals surface area (Å²) >= 11 is 6.44. The lowest BCUT2D eigenvalue weighted by Crippen LogP contribution is -2.17. The van der Waals surface area contributed by atoms with E-state index in [1.54, 1.807) is 38.2 Å². The summed E-state index contributed by atoms with van der Waals surface area (Å²) in [6.45, 7) is 3.41. The number of pyridine rings is 1. The van der Waals surface area contributed by atoms with E-state index in [4.69, 9.17) is 16.6 Å². The zero-order valence-corrected chi connectivity index (χ0v) is 21.3. The number of aliphatic hydroxyl groups is 1. The number of fused-ring (bicyclic) bond motifs is 6. The third-order valence-electron chi connectivity index (χ3n) is 6.79. The molecule has 2 heterocycles. The minimum Gasteiger partial charge on any atom is -0.384 e. The van der Waals surface area contributed by atoms with Crippen LogP contribution in [0.3, 0.4) is 0 Å². The molecule has 0 saturated heterocycles. The van der Waals surface area contributed by atoms with Crippen molar-refractivity contribution in [2.75, 3.05) is 0 Å². The predicted octanol–water partition coefficient (Wildman–Crippen LogP) is 7.22. The Bertz CT molecular complexity index is 1950. The molecule has 0 bridgehead atoms. The highest BCUT2D eigenvalue weighted by molar-refractivity contribution is 6.33. The highest BCUT2D eigenvalue weighted by Gasteiger charge is 2.20. The largest absolute Gasteiger partial charge is 0.384 e. The Hall–Kier alpha value is -4.75. The van der Waals surface area contributed by atoms with E-state index in [1.807, 2.05) is 42.5 Å². The fourth-order valence-electron chi connectivity index (χ4n) is 4.91. The van der Waals surface area contributed by atoms with Crippen molar-refractivity contribution >= 4 is 44.2 Å². The van der Waals surface area contributed by atoms with Crippen molar-refractivity contribution in [1.82, 2.24) is 15.0 Å². The van der Waals surface area contributed by atoms with Crippen molar-refractivity contribution in [3.8, 4) is 34.7 Å².